The van der Waals surface area contributed by atoms with E-state index >= 15 is 0 Å². The average Bonchev–Trinajstić information content (AvgIpc) is 3.35. The fourth-order valence-corrected chi connectivity index (χ4v) is 6.22. The Balaban J connectivity index is 1.21. The molecular weight excluding hydrogens is 468 g/mol. The van der Waals surface area contributed by atoms with Gasteiger partial charge in [-0.25, -0.2) is 9.97 Å². The van der Waals surface area contributed by atoms with Gasteiger partial charge in [0.25, 0.3) is 5.56 Å². The molecule has 3 fully saturated rings. The average molecular weight is 503 g/mol. The van der Waals surface area contributed by atoms with Gasteiger partial charge in [-0.3, -0.25) is 19.1 Å². The molecule has 9 nitrogen and oxygen atoms in total. The molecule has 0 amide bonds. The molecule has 0 unspecified atom stereocenters. The summed E-state index contributed by atoms with van der Waals surface area (Å²) in [5.41, 5.74) is 2.48. The molecule has 1 saturated heterocycles. The maximum Gasteiger partial charge on any atom is 0.263 e. The van der Waals surface area contributed by atoms with Gasteiger partial charge >= 0.3 is 0 Å². The minimum absolute atomic E-state index is 0.0526. The van der Waals surface area contributed by atoms with E-state index in [9.17, 15) is 9.59 Å². The SMILES string of the molecule is COC1CN(C2CC(c3ccc(Nc4ncc5c(C)c(C(C)=O)c(=O)n(C6CCCC6)c5n4)nc3)C2)C1. The number of hydrogen-bond acceptors (Lipinski definition) is 8. The number of fused-ring (bicyclic) bond motifs is 1. The molecule has 6 rings (SSSR count). The number of aryl methyl sites for hydroxylation is 1. The van der Waals surface area contributed by atoms with Gasteiger partial charge in [0.05, 0.1) is 11.7 Å². The highest BCUT2D eigenvalue weighted by Crippen LogP contribution is 2.41. The standard InChI is InChI=1S/C28H34N6O3/c1-16-23-13-30-28(32-26(23)34(20-6-4-5-7-20)27(36)25(16)17(2)35)31-24-9-8-18(12-29-24)19-10-21(11-19)33-14-22(15-33)37-3/h8-9,12-13,19-22H,4-7,10-11,14-15H2,1-3H3,(H,29,30,31,32). The summed E-state index contributed by atoms with van der Waals surface area (Å²) in [7, 11) is 1.79. The third-order valence-electron chi connectivity index (χ3n) is 8.59. The maximum absolute atomic E-state index is 13.4. The van der Waals surface area contributed by atoms with Gasteiger partial charge in [0.1, 0.15) is 11.5 Å². The molecule has 2 saturated carbocycles. The molecule has 0 radical (unpaired) electrons. The Morgan fingerprint density at radius 1 is 1.08 bits per heavy atom. The molecule has 9 heteroatoms. The topological polar surface area (TPSA) is 102 Å². The molecule has 37 heavy (non-hydrogen) atoms. The smallest absolute Gasteiger partial charge is 0.263 e. The van der Waals surface area contributed by atoms with Gasteiger partial charge in [-0.05, 0) is 62.6 Å². The minimum atomic E-state index is -0.244. The van der Waals surface area contributed by atoms with Crippen LogP contribution in [0.25, 0.3) is 11.0 Å². The zero-order valence-corrected chi connectivity index (χ0v) is 21.7. The summed E-state index contributed by atoms with van der Waals surface area (Å²) in [4.78, 5) is 42.1. The third kappa shape index (κ3) is 4.34. The second-order valence-corrected chi connectivity index (χ2v) is 10.8. The van der Waals surface area contributed by atoms with Crippen molar-refractivity contribution in [3.8, 4) is 0 Å². The number of nitrogens with one attached hydrogen (secondary N) is 1. The first-order valence-electron chi connectivity index (χ1n) is 13.4. The van der Waals surface area contributed by atoms with E-state index in [1.807, 2.05) is 12.3 Å². The van der Waals surface area contributed by atoms with Gasteiger partial charge in [-0.2, -0.15) is 4.98 Å². The summed E-state index contributed by atoms with van der Waals surface area (Å²) >= 11 is 0. The van der Waals surface area contributed by atoms with Crippen LogP contribution in [0.5, 0.6) is 0 Å². The van der Waals surface area contributed by atoms with Crippen LogP contribution in [0, 0.1) is 6.92 Å². The van der Waals surface area contributed by atoms with Crippen molar-refractivity contribution in [1.82, 2.24) is 24.4 Å². The zero-order valence-electron chi connectivity index (χ0n) is 21.7. The monoisotopic (exact) mass is 502 g/mol. The van der Waals surface area contributed by atoms with Crippen LogP contribution in [-0.2, 0) is 4.74 Å². The second-order valence-electron chi connectivity index (χ2n) is 10.8. The number of methoxy groups -OCH3 is 1. The number of ether oxygens (including phenoxy) is 1. The highest BCUT2D eigenvalue weighted by molar-refractivity contribution is 5.99. The van der Waals surface area contributed by atoms with Crippen molar-refractivity contribution in [2.24, 2.45) is 0 Å². The van der Waals surface area contributed by atoms with Gasteiger partial charge in [0.2, 0.25) is 5.95 Å². The quantitative estimate of drug-likeness (QED) is 0.481. The Hall–Kier alpha value is -3.17. The molecule has 0 spiro atoms. The molecule has 3 aliphatic rings. The van der Waals surface area contributed by atoms with Crippen LogP contribution >= 0.6 is 0 Å². The molecule has 0 bridgehead atoms. The molecule has 2 aliphatic carbocycles. The van der Waals surface area contributed by atoms with Crippen molar-refractivity contribution in [2.45, 2.75) is 76.5 Å². The van der Waals surface area contributed by atoms with E-state index in [0.717, 1.165) is 44.2 Å². The zero-order chi connectivity index (χ0) is 25.7. The molecule has 0 atom stereocenters. The van der Waals surface area contributed by atoms with Crippen LogP contribution in [0.2, 0.25) is 0 Å². The predicted octanol–water partition coefficient (Wildman–Crippen LogP) is 4.13. The molecule has 1 N–H and O–H groups in total. The van der Waals surface area contributed by atoms with E-state index in [1.165, 1.54) is 25.3 Å². The molecule has 4 heterocycles. The molecule has 1 aliphatic heterocycles. The molecule has 3 aromatic heterocycles. The fourth-order valence-electron chi connectivity index (χ4n) is 6.22. The summed E-state index contributed by atoms with van der Waals surface area (Å²) in [6.07, 6.45) is 10.4. The van der Waals surface area contributed by atoms with Crippen molar-refractivity contribution >= 4 is 28.6 Å². The number of likely N-dealkylation sites (tertiary alicyclic amines) is 1. The van der Waals surface area contributed by atoms with E-state index in [0.29, 0.717) is 41.0 Å². The summed E-state index contributed by atoms with van der Waals surface area (Å²) in [6, 6.07) is 4.80. The highest BCUT2D eigenvalue weighted by Gasteiger charge is 2.40. The number of carbonyl (C=O) groups excluding carboxylic acids is 1. The lowest BCUT2D eigenvalue weighted by atomic mass is 9.74. The lowest BCUT2D eigenvalue weighted by Crippen LogP contribution is -2.59. The van der Waals surface area contributed by atoms with E-state index in [4.69, 9.17) is 9.72 Å². The van der Waals surface area contributed by atoms with Gasteiger partial charge in [-0.1, -0.05) is 18.9 Å². The highest BCUT2D eigenvalue weighted by atomic mass is 16.5. The van der Waals surface area contributed by atoms with Crippen LogP contribution in [0.1, 0.15) is 78.9 Å². The second kappa shape index (κ2) is 9.61. The number of nitrogens with zero attached hydrogens (tertiary/aromatic N) is 5. The van der Waals surface area contributed by atoms with Gasteiger partial charge in [0.15, 0.2) is 5.78 Å². The number of hydrogen-bond donors (Lipinski definition) is 1. The summed E-state index contributed by atoms with van der Waals surface area (Å²) in [6.45, 7) is 5.35. The number of anilines is 2. The molecule has 0 aromatic carbocycles. The fraction of sp³-hybridized carbons (Fsp3) is 0.536. The van der Waals surface area contributed by atoms with E-state index < -0.39 is 0 Å². The largest absolute Gasteiger partial charge is 0.379 e. The Morgan fingerprint density at radius 3 is 2.49 bits per heavy atom. The van der Waals surface area contributed by atoms with E-state index in [2.05, 4.69) is 26.3 Å². The van der Waals surface area contributed by atoms with Crippen LogP contribution in [-0.4, -0.2) is 62.5 Å². The van der Waals surface area contributed by atoms with Crippen LogP contribution < -0.4 is 10.9 Å². The lowest BCUT2D eigenvalue weighted by molar-refractivity contribution is -0.0700. The number of aromatic nitrogens is 4. The van der Waals surface area contributed by atoms with Gasteiger partial charge in [-0.15, -0.1) is 0 Å². The van der Waals surface area contributed by atoms with Crippen molar-refractivity contribution in [3.05, 3.63) is 51.6 Å². The Morgan fingerprint density at radius 2 is 1.84 bits per heavy atom. The van der Waals surface area contributed by atoms with Gasteiger partial charge in [0, 0.05) is 50.1 Å². The first-order valence-corrected chi connectivity index (χ1v) is 13.4. The molecular formula is C28H34N6O3. The van der Waals surface area contributed by atoms with Crippen molar-refractivity contribution in [1.29, 1.82) is 0 Å². The Bertz CT molecular complexity index is 1380. The number of Topliss-reactive ketones (excluding diaryl/α,β-unsaturated/α-hetero) is 1. The minimum Gasteiger partial charge on any atom is -0.379 e. The van der Waals surface area contributed by atoms with Crippen molar-refractivity contribution in [3.63, 3.8) is 0 Å². The van der Waals surface area contributed by atoms with Crippen LogP contribution in [0.3, 0.4) is 0 Å². The van der Waals surface area contributed by atoms with Crippen LogP contribution in [0.15, 0.2) is 29.3 Å². The predicted molar refractivity (Wildman–Crippen MR) is 142 cm³/mol. The molecule has 194 valence electrons. The third-order valence-corrected chi connectivity index (χ3v) is 8.59. The Kier molecular flexibility index (Phi) is 6.28. The number of pyridine rings is 2. The van der Waals surface area contributed by atoms with Crippen LogP contribution in [0.4, 0.5) is 11.8 Å². The summed E-state index contributed by atoms with van der Waals surface area (Å²) in [5, 5.41) is 3.95. The van der Waals surface area contributed by atoms with E-state index in [1.54, 1.807) is 24.8 Å². The summed E-state index contributed by atoms with van der Waals surface area (Å²) in [5.74, 6) is 1.38. The number of ketones is 1. The maximum atomic E-state index is 13.4. The van der Waals surface area contributed by atoms with Crippen molar-refractivity contribution < 1.29 is 9.53 Å². The first-order chi connectivity index (χ1) is 17.9. The Labute approximate surface area is 216 Å². The summed E-state index contributed by atoms with van der Waals surface area (Å²) < 4.78 is 7.12. The van der Waals surface area contributed by atoms with Crippen molar-refractivity contribution in [2.75, 3.05) is 25.5 Å². The van der Waals surface area contributed by atoms with E-state index in [-0.39, 0.29) is 22.9 Å². The number of rotatable bonds is 7. The van der Waals surface area contributed by atoms with Gasteiger partial charge < -0.3 is 10.1 Å². The number of carbonyl (C=O) groups is 1. The molecule has 3 aromatic rings. The lowest BCUT2D eigenvalue weighted by Gasteiger charge is -2.50. The first kappa shape index (κ1) is 24.2. The normalized spacial score (nSPS) is 22.7.